The first-order chi connectivity index (χ1) is 12.8. The maximum absolute atomic E-state index is 12.6. The van der Waals surface area contributed by atoms with Gasteiger partial charge in [-0.1, -0.05) is 33.6 Å². The first kappa shape index (κ1) is 19.4. The van der Waals surface area contributed by atoms with Crippen molar-refractivity contribution in [1.29, 1.82) is 0 Å². The van der Waals surface area contributed by atoms with Gasteiger partial charge in [0.15, 0.2) is 0 Å². The van der Waals surface area contributed by atoms with E-state index in [1.807, 2.05) is 24.3 Å². The van der Waals surface area contributed by atoms with Crippen LogP contribution >= 0.6 is 27.5 Å². The Morgan fingerprint density at radius 1 is 1.19 bits per heavy atom. The third-order valence-electron chi connectivity index (χ3n) is 4.16. The molecule has 0 bridgehead atoms. The summed E-state index contributed by atoms with van der Waals surface area (Å²) < 4.78 is 0.867. The quantitative estimate of drug-likeness (QED) is 0.737. The summed E-state index contributed by atoms with van der Waals surface area (Å²) in [5.41, 5.74) is 1.73. The molecule has 3 amide bonds. The molecule has 1 aliphatic heterocycles. The molecule has 2 N–H and O–H groups in total. The number of hydrogen-bond donors (Lipinski definition) is 2. The van der Waals surface area contributed by atoms with Gasteiger partial charge in [0.1, 0.15) is 0 Å². The molecule has 0 saturated carbocycles. The van der Waals surface area contributed by atoms with Gasteiger partial charge in [0, 0.05) is 35.7 Å². The summed E-state index contributed by atoms with van der Waals surface area (Å²) in [6.07, 6.45) is 0.139. The van der Waals surface area contributed by atoms with Crippen molar-refractivity contribution in [3.63, 3.8) is 0 Å². The van der Waals surface area contributed by atoms with Gasteiger partial charge in [-0.25, -0.2) is 0 Å². The van der Waals surface area contributed by atoms with Gasteiger partial charge in [0.05, 0.1) is 16.6 Å². The number of amides is 3. The van der Waals surface area contributed by atoms with Gasteiger partial charge in [-0.2, -0.15) is 0 Å². The number of carbonyl (C=O) groups excluding carboxylic acids is 3. The normalized spacial score (nSPS) is 16.3. The first-order valence-electron chi connectivity index (χ1n) is 8.27. The van der Waals surface area contributed by atoms with Crippen LogP contribution in [0.25, 0.3) is 0 Å². The standard InChI is InChI=1S/C19H17BrClN3O3/c1-11(25)22-14-5-6-17(16(21)9-14)23-19(27)12-7-18(26)24(10-12)15-4-2-3-13(20)8-15/h2-6,8-9,12H,7,10H2,1H3,(H,22,25)(H,23,27). The topological polar surface area (TPSA) is 78.5 Å². The second-order valence-electron chi connectivity index (χ2n) is 6.25. The minimum absolute atomic E-state index is 0.0969. The van der Waals surface area contributed by atoms with Gasteiger partial charge in [-0.05, 0) is 36.4 Å². The Kier molecular flexibility index (Phi) is 5.82. The van der Waals surface area contributed by atoms with Gasteiger partial charge >= 0.3 is 0 Å². The van der Waals surface area contributed by atoms with E-state index in [2.05, 4.69) is 26.6 Å². The summed E-state index contributed by atoms with van der Waals surface area (Å²) in [6, 6.07) is 12.2. The van der Waals surface area contributed by atoms with Crippen molar-refractivity contribution < 1.29 is 14.4 Å². The van der Waals surface area contributed by atoms with Gasteiger partial charge in [0.25, 0.3) is 0 Å². The Morgan fingerprint density at radius 2 is 1.96 bits per heavy atom. The fourth-order valence-corrected chi connectivity index (χ4v) is 3.52. The number of benzene rings is 2. The zero-order valence-electron chi connectivity index (χ0n) is 14.5. The predicted octanol–water partition coefficient (Wildman–Crippen LogP) is 4.05. The maximum atomic E-state index is 12.6. The monoisotopic (exact) mass is 449 g/mol. The smallest absolute Gasteiger partial charge is 0.229 e. The Hall–Kier alpha value is -2.38. The van der Waals surface area contributed by atoms with E-state index in [0.717, 1.165) is 10.2 Å². The third-order valence-corrected chi connectivity index (χ3v) is 4.97. The van der Waals surface area contributed by atoms with Gasteiger partial charge in [-0.3, -0.25) is 14.4 Å². The van der Waals surface area contributed by atoms with Crippen LogP contribution in [0.1, 0.15) is 13.3 Å². The van der Waals surface area contributed by atoms with E-state index < -0.39 is 5.92 Å². The molecule has 6 nitrogen and oxygen atoms in total. The van der Waals surface area contributed by atoms with Crippen molar-refractivity contribution in [1.82, 2.24) is 0 Å². The van der Waals surface area contributed by atoms with E-state index in [0.29, 0.717) is 22.9 Å². The minimum Gasteiger partial charge on any atom is -0.326 e. The molecule has 2 aromatic rings. The number of carbonyl (C=O) groups is 3. The summed E-state index contributed by atoms with van der Waals surface area (Å²) >= 11 is 9.57. The molecule has 0 aliphatic carbocycles. The Bertz CT molecular complexity index is 919. The third kappa shape index (κ3) is 4.67. The predicted molar refractivity (Wildman–Crippen MR) is 109 cm³/mol. The number of anilines is 3. The molecule has 1 atom stereocenters. The van der Waals surface area contributed by atoms with Crippen LogP contribution in [0, 0.1) is 5.92 Å². The number of rotatable bonds is 4. The van der Waals surface area contributed by atoms with Gasteiger partial charge in [0.2, 0.25) is 17.7 Å². The molecule has 1 heterocycles. The lowest BCUT2D eigenvalue weighted by Gasteiger charge is -2.17. The van der Waals surface area contributed by atoms with Crippen LogP contribution in [-0.4, -0.2) is 24.3 Å². The van der Waals surface area contributed by atoms with E-state index in [4.69, 9.17) is 11.6 Å². The highest BCUT2D eigenvalue weighted by atomic mass is 79.9. The Labute approximate surface area is 170 Å². The molecule has 1 unspecified atom stereocenters. The van der Waals surface area contributed by atoms with Crippen molar-refractivity contribution >= 4 is 62.3 Å². The highest BCUT2D eigenvalue weighted by Gasteiger charge is 2.35. The van der Waals surface area contributed by atoms with Crippen LogP contribution in [0.3, 0.4) is 0 Å². The van der Waals surface area contributed by atoms with E-state index >= 15 is 0 Å². The van der Waals surface area contributed by atoms with Gasteiger partial charge < -0.3 is 15.5 Å². The molecule has 140 valence electrons. The van der Waals surface area contributed by atoms with E-state index in [1.165, 1.54) is 6.92 Å². The molecule has 27 heavy (non-hydrogen) atoms. The number of nitrogens with one attached hydrogen (secondary N) is 2. The average Bonchev–Trinajstić information content (AvgIpc) is 2.99. The summed E-state index contributed by atoms with van der Waals surface area (Å²) in [5, 5.41) is 5.70. The molecule has 2 aromatic carbocycles. The lowest BCUT2D eigenvalue weighted by molar-refractivity contribution is -0.122. The van der Waals surface area contributed by atoms with Crippen molar-refractivity contribution in [2.45, 2.75) is 13.3 Å². The second kappa shape index (κ2) is 8.10. The number of hydrogen-bond acceptors (Lipinski definition) is 3. The van der Waals surface area contributed by atoms with Crippen molar-refractivity contribution in [2.24, 2.45) is 5.92 Å². The fraction of sp³-hybridized carbons (Fsp3) is 0.211. The van der Waals surface area contributed by atoms with E-state index in [-0.39, 0.29) is 24.1 Å². The van der Waals surface area contributed by atoms with Crippen LogP contribution in [0.5, 0.6) is 0 Å². The van der Waals surface area contributed by atoms with Crippen LogP contribution in [0.2, 0.25) is 5.02 Å². The van der Waals surface area contributed by atoms with Crippen LogP contribution in [0.15, 0.2) is 46.9 Å². The average molecular weight is 451 g/mol. The molecule has 8 heteroatoms. The van der Waals surface area contributed by atoms with E-state index in [9.17, 15) is 14.4 Å². The molecule has 1 fully saturated rings. The minimum atomic E-state index is -0.470. The molecule has 3 rings (SSSR count). The molecule has 0 spiro atoms. The zero-order valence-corrected chi connectivity index (χ0v) is 16.8. The van der Waals surface area contributed by atoms with Crippen molar-refractivity contribution in [3.05, 3.63) is 52.0 Å². The van der Waals surface area contributed by atoms with Crippen molar-refractivity contribution in [2.75, 3.05) is 22.1 Å². The van der Waals surface area contributed by atoms with Gasteiger partial charge in [-0.15, -0.1) is 0 Å². The fourth-order valence-electron chi connectivity index (χ4n) is 2.91. The summed E-state index contributed by atoms with van der Waals surface area (Å²) in [7, 11) is 0. The summed E-state index contributed by atoms with van der Waals surface area (Å²) in [4.78, 5) is 37.6. The number of halogens is 2. The van der Waals surface area contributed by atoms with Crippen LogP contribution in [-0.2, 0) is 14.4 Å². The lowest BCUT2D eigenvalue weighted by Crippen LogP contribution is -2.28. The molecule has 1 aliphatic rings. The molecule has 1 saturated heterocycles. The highest BCUT2D eigenvalue weighted by Crippen LogP contribution is 2.30. The molecular formula is C19H17BrClN3O3. The molecule has 0 aromatic heterocycles. The zero-order chi connectivity index (χ0) is 19.6. The lowest BCUT2D eigenvalue weighted by atomic mass is 10.1. The maximum Gasteiger partial charge on any atom is 0.229 e. The van der Waals surface area contributed by atoms with Crippen LogP contribution in [0.4, 0.5) is 17.1 Å². The number of nitrogens with zero attached hydrogens (tertiary/aromatic N) is 1. The largest absolute Gasteiger partial charge is 0.326 e. The SMILES string of the molecule is CC(=O)Nc1ccc(NC(=O)C2CC(=O)N(c3cccc(Br)c3)C2)c(Cl)c1. The Morgan fingerprint density at radius 3 is 2.63 bits per heavy atom. The first-order valence-corrected chi connectivity index (χ1v) is 9.44. The van der Waals surface area contributed by atoms with Crippen LogP contribution < -0.4 is 15.5 Å². The summed E-state index contributed by atoms with van der Waals surface area (Å²) in [5.74, 6) is -1.04. The Balaban J connectivity index is 1.68. The summed E-state index contributed by atoms with van der Waals surface area (Å²) in [6.45, 7) is 1.71. The molecular weight excluding hydrogens is 434 g/mol. The highest BCUT2D eigenvalue weighted by molar-refractivity contribution is 9.10. The second-order valence-corrected chi connectivity index (χ2v) is 7.57. The van der Waals surface area contributed by atoms with E-state index in [1.54, 1.807) is 23.1 Å². The van der Waals surface area contributed by atoms with Crippen molar-refractivity contribution in [3.8, 4) is 0 Å². The molecule has 0 radical (unpaired) electrons.